The van der Waals surface area contributed by atoms with Gasteiger partial charge >= 0.3 is 5.97 Å². The molecule has 0 atom stereocenters. The van der Waals surface area contributed by atoms with E-state index in [-0.39, 0.29) is 6.42 Å². The van der Waals surface area contributed by atoms with Crippen molar-refractivity contribution in [1.82, 2.24) is 4.48 Å². The van der Waals surface area contributed by atoms with Crippen LogP contribution in [0.15, 0.2) is 18.2 Å². The van der Waals surface area contributed by atoms with Gasteiger partial charge in [-0.15, -0.1) is 0 Å². The van der Waals surface area contributed by atoms with Gasteiger partial charge in [-0.3, -0.25) is 9.28 Å². The maximum atomic E-state index is 10.5. The molecule has 0 radical (unpaired) electrons. The number of methoxy groups -OCH3 is 2. The Morgan fingerprint density at radius 1 is 1.20 bits per heavy atom. The number of unbranched alkanes of at least 4 members (excludes halogenated alkanes) is 1. The molecule has 112 valence electrons. The monoisotopic (exact) mass is 282 g/mol. The Morgan fingerprint density at radius 3 is 2.45 bits per heavy atom. The smallest absolute Gasteiger partial charge is 0.303 e. The minimum absolute atomic E-state index is 0.218. The molecule has 20 heavy (non-hydrogen) atoms. The molecule has 5 heteroatoms. The van der Waals surface area contributed by atoms with E-state index in [2.05, 4.69) is 14.1 Å². The number of para-hydroxylation sites is 1. The van der Waals surface area contributed by atoms with Gasteiger partial charge in [-0.05, 0) is 18.9 Å². The molecule has 5 nitrogen and oxygen atoms in total. The average Bonchev–Trinajstić information content (AvgIpc) is 2.42. The van der Waals surface area contributed by atoms with Crippen LogP contribution in [0.2, 0.25) is 0 Å². The summed E-state index contributed by atoms with van der Waals surface area (Å²) in [5.74, 6) is 0.703. The van der Waals surface area contributed by atoms with Gasteiger partial charge in [0, 0.05) is 12.5 Å². The molecule has 1 aromatic rings. The Kier molecular flexibility index (Phi) is 5.82. The second-order valence-corrected chi connectivity index (χ2v) is 5.27. The fraction of sp³-hybridized carbons (Fsp3) is 0.533. The van der Waals surface area contributed by atoms with Crippen LogP contribution in [0.5, 0.6) is 11.5 Å². The lowest BCUT2D eigenvalue weighted by Crippen LogP contribution is -2.41. The van der Waals surface area contributed by atoms with Crippen molar-refractivity contribution in [3.8, 4) is 11.5 Å². The van der Waals surface area contributed by atoms with Crippen molar-refractivity contribution in [3.63, 3.8) is 0 Å². The molecular weight excluding hydrogens is 258 g/mol. The van der Waals surface area contributed by atoms with Gasteiger partial charge in [-0.2, -0.15) is 0 Å². The summed E-state index contributed by atoms with van der Waals surface area (Å²) in [6, 6.07) is 5.82. The van der Waals surface area contributed by atoms with Gasteiger partial charge in [0.2, 0.25) is 5.75 Å². The molecule has 0 aliphatic heterocycles. The van der Waals surface area contributed by atoms with Crippen LogP contribution in [0.3, 0.4) is 0 Å². The fourth-order valence-electron chi connectivity index (χ4n) is 2.25. The minimum atomic E-state index is -0.741. The first-order valence-corrected chi connectivity index (χ1v) is 6.68. The molecule has 0 unspecified atom stereocenters. The highest BCUT2D eigenvalue weighted by Gasteiger charge is 2.25. The molecule has 0 aliphatic rings. The average molecular weight is 282 g/mol. The Balaban J connectivity index is 2.83. The first-order chi connectivity index (χ1) is 9.42. The molecule has 1 N–H and O–H groups in total. The van der Waals surface area contributed by atoms with E-state index in [9.17, 15) is 4.79 Å². The minimum Gasteiger partial charge on any atom is -0.493 e. The number of benzene rings is 1. The van der Waals surface area contributed by atoms with Crippen LogP contribution in [-0.4, -0.2) is 45.9 Å². The zero-order valence-corrected chi connectivity index (χ0v) is 12.7. The van der Waals surface area contributed by atoms with Gasteiger partial charge in [0.25, 0.3) is 0 Å². The van der Waals surface area contributed by atoms with Crippen LogP contribution in [0, 0.1) is 0 Å². The lowest BCUT2D eigenvalue weighted by atomic mass is 10.1. The molecule has 0 amide bonds. The Morgan fingerprint density at radius 2 is 1.90 bits per heavy atom. The van der Waals surface area contributed by atoms with Crippen molar-refractivity contribution in [1.29, 1.82) is 0 Å². The molecule has 0 bridgehead atoms. The number of aliphatic carboxylic acids is 1. The molecular formula is C15H24NO4+. The number of nitrogens with zero attached hydrogens (tertiary/aromatic N) is 1. The number of hydrogen-bond acceptors (Lipinski definition) is 3. The molecule has 0 spiro atoms. The van der Waals surface area contributed by atoms with Crippen molar-refractivity contribution in [2.45, 2.75) is 19.3 Å². The van der Waals surface area contributed by atoms with Gasteiger partial charge in [-0.25, -0.2) is 0 Å². The standard InChI is InChI=1S/C15H23NO4/c1-16(2,11-6-5-10-14(17)18)12-8-7-9-13(19-3)15(12)20-4/h7-9H,5-6,10-11H2,1-4H3/p+1. The third kappa shape index (κ3) is 4.13. The molecule has 0 aromatic heterocycles. The van der Waals surface area contributed by atoms with Gasteiger partial charge in [0.15, 0.2) is 11.4 Å². The summed E-state index contributed by atoms with van der Waals surface area (Å²) in [5, 5.41) is 8.67. The lowest BCUT2D eigenvalue weighted by molar-refractivity contribution is -0.137. The highest BCUT2D eigenvalue weighted by atomic mass is 16.5. The molecule has 0 saturated carbocycles. The van der Waals surface area contributed by atoms with Gasteiger partial charge in [0.05, 0.1) is 34.9 Å². The maximum absolute atomic E-state index is 10.5. The van der Waals surface area contributed by atoms with E-state index < -0.39 is 5.97 Å². The van der Waals surface area contributed by atoms with Crippen LogP contribution < -0.4 is 14.0 Å². The van der Waals surface area contributed by atoms with E-state index in [0.717, 1.165) is 24.4 Å². The van der Waals surface area contributed by atoms with E-state index in [4.69, 9.17) is 14.6 Å². The van der Waals surface area contributed by atoms with Crippen molar-refractivity contribution >= 4 is 11.7 Å². The Hall–Kier alpha value is -1.75. The molecule has 0 saturated heterocycles. The molecule has 1 aromatic carbocycles. The van der Waals surface area contributed by atoms with Crippen LogP contribution in [0.1, 0.15) is 19.3 Å². The van der Waals surface area contributed by atoms with Crippen molar-refractivity contribution < 1.29 is 19.4 Å². The largest absolute Gasteiger partial charge is 0.493 e. The van der Waals surface area contributed by atoms with E-state index in [1.807, 2.05) is 18.2 Å². The van der Waals surface area contributed by atoms with E-state index in [1.54, 1.807) is 14.2 Å². The number of ether oxygens (including phenoxy) is 2. The van der Waals surface area contributed by atoms with Crippen LogP contribution in [0.25, 0.3) is 0 Å². The Labute approximate surface area is 120 Å². The number of quaternary nitrogens is 1. The van der Waals surface area contributed by atoms with Crippen LogP contribution in [-0.2, 0) is 4.79 Å². The third-order valence-corrected chi connectivity index (χ3v) is 3.39. The summed E-state index contributed by atoms with van der Waals surface area (Å²) in [6.07, 6.45) is 1.75. The summed E-state index contributed by atoms with van der Waals surface area (Å²) in [4.78, 5) is 10.5. The second kappa shape index (κ2) is 7.14. The zero-order chi connectivity index (χ0) is 15.2. The number of carboxylic acid groups (broad SMARTS) is 1. The van der Waals surface area contributed by atoms with E-state index >= 15 is 0 Å². The summed E-state index contributed by atoms with van der Waals surface area (Å²) < 4.78 is 11.4. The molecule has 0 aliphatic carbocycles. The molecule has 0 fully saturated rings. The number of hydrogen-bond donors (Lipinski definition) is 1. The summed E-state index contributed by atoms with van der Waals surface area (Å²) >= 11 is 0. The highest BCUT2D eigenvalue weighted by molar-refractivity contribution is 5.66. The summed E-state index contributed by atoms with van der Waals surface area (Å²) in [5.41, 5.74) is 1.03. The van der Waals surface area contributed by atoms with E-state index in [0.29, 0.717) is 16.7 Å². The van der Waals surface area contributed by atoms with Gasteiger partial charge < -0.3 is 14.6 Å². The Bertz CT molecular complexity index is 457. The number of rotatable bonds is 8. The highest BCUT2D eigenvalue weighted by Crippen LogP contribution is 2.39. The molecule has 1 rings (SSSR count). The second-order valence-electron chi connectivity index (χ2n) is 5.27. The zero-order valence-electron chi connectivity index (χ0n) is 12.7. The van der Waals surface area contributed by atoms with Crippen LogP contribution >= 0.6 is 0 Å². The fourth-order valence-corrected chi connectivity index (χ4v) is 2.25. The normalized spacial score (nSPS) is 11.2. The number of carboxylic acids is 1. The predicted molar refractivity (Wildman–Crippen MR) is 79.5 cm³/mol. The van der Waals surface area contributed by atoms with Crippen LogP contribution in [0.4, 0.5) is 5.69 Å². The SMILES string of the molecule is COc1cccc([N+](C)(C)CCCCC(=O)O)c1OC. The summed E-state index contributed by atoms with van der Waals surface area (Å²) in [7, 11) is 7.41. The first kappa shape index (κ1) is 16.3. The predicted octanol–water partition coefficient (Wildman–Crippen LogP) is 2.53. The topological polar surface area (TPSA) is 55.8 Å². The van der Waals surface area contributed by atoms with E-state index in [1.165, 1.54) is 0 Å². The summed E-state index contributed by atoms with van der Waals surface area (Å²) in [6.45, 7) is 0.844. The quantitative estimate of drug-likeness (QED) is 0.588. The third-order valence-electron chi connectivity index (χ3n) is 3.39. The van der Waals surface area contributed by atoms with Crippen molar-refractivity contribution in [2.75, 3.05) is 34.9 Å². The maximum Gasteiger partial charge on any atom is 0.303 e. The number of carbonyl (C=O) groups is 1. The lowest BCUT2D eigenvalue weighted by Gasteiger charge is -2.31. The molecule has 0 heterocycles. The van der Waals surface area contributed by atoms with Gasteiger partial charge in [-0.1, -0.05) is 6.07 Å². The van der Waals surface area contributed by atoms with Gasteiger partial charge in [0.1, 0.15) is 0 Å². The first-order valence-electron chi connectivity index (χ1n) is 6.68. The van der Waals surface area contributed by atoms with Crippen molar-refractivity contribution in [3.05, 3.63) is 18.2 Å². The van der Waals surface area contributed by atoms with Crippen molar-refractivity contribution in [2.24, 2.45) is 0 Å².